The molecule has 1 heterocycles. The number of rotatable bonds is 4. The Morgan fingerprint density at radius 1 is 1.52 bits per heavy atom. The number of hydrogen-bond acceptors (Lipinski definition) is 4. The fraction of sp³-hybridized carbons (Fsp3) is 0.429. The third kappa shape index (κ3) is 3.56. The predicted molar refractivity (Wildman–Crippen MR) is 79.4 cm³/mol. The third-order valence-corrected chi connectivity index (χ3v) is 4.00. The number of amides is 1. The number of nitrogens with zero attached hydrogens (tertiary/aromatic N) is 1. The van der Waals surface area contributed by atoms with E-state index in [1.165, 1.54) is 22.5 Å². The summed E-state index contributed by atoms with van der Waals surface area (Å²) in [4.78, 5) is 13.0. The normalized spacial score (nSPS) is 17.4. The molecule has 9 heteroatoms. The van der Waals surface area contributed by atoms with Gasteiger partial charge in [0.25, 0.3) is 5.91 Å². The van der Waals surface area contributed by atoms with Crippen molar-refractivity contribution in [2.24, 2.45) is 0 Å². The zero-order valence-electron chi connectivity index (χ0n) is 12.2. The Labute approximate surface area is 136 Å². The van der Waals surface area contributed by atoms with Crippen LogP contribution in [0.5, 0.6) is 5.75 Å². The molecule has 1 fully saturated rings. The number of alkyl halides is 3. The number of hydroxylamine groups is 1. The highest BCUT2D eigenvalue weighted by molar-refractivity contribution is 7.80. The van der Waals surface area contributed by atoms with E-state index in [1.54, 1.807) is 6.92 Å². The summed E-state index contributed by atoms with van der Waals surface area (Å²) in [6.45, 7) is 2.14. The largest absolute Gasteiger partial charge is 0.493 e. The maximum atomic E-state index is 13.1. The van der Waals surface area contributed by atoms with Crippen LogP contribution in [0.1, 0.15) is 24.5 Å². The molecule has 1 aliphatic heterocycles. The van der Waals surface area contributed by atoms with Gasteiger partial charge in [0.15, 0.2) is 0 Å². The summed E-state index contributed by atoms with van der Waals surface area (Å²) in [5, 5.41) is 8.65. The zero-order valence-corrected chi connectivity index (χ0v) is 13.0. The molecule has 0 saturated carbocycles. The van der Waals surface area contributed by atoms with Crippen LogP contribution in [-0.2, 0) is 11.0 Å². The van der Waals surface area contributed by atoms with E-state index in [-0.39, 0.29) is 22.9 Å². The molecule has 1 aliphatic rings. The van der Waals surface area contributed by atoms with Crippen LogP contribution < -0.4 is 10.2 Å². The van der Waals surface area contributed by atoms with Crippen LogP contribution >= 0.6 is 12.2 Å². The topological polar surface area (TPSA) is 61.8 Å². The molecule has 1 atom stereocenters. The summed E-state index contributed by atoms with van der Waals surface area (Å²) in [7, 11) is 0. The SMILES string of the molecule is CCOc1ccc(C(=S)N2CCC2C(=O)NO)cc1C(F)(F)F. The summed E-state index contributed by atoms with van der Waals surface area (Å²) in [6.07, 6.45) is -4.11. The lowest BCUT2D eigenvalue weighted by molar-refractivity contribution is -0.139. The molecule has 126 valence electrons. The first-order chi connectivity index (χ1) is 10.8. The number of hydrogen-bond donors (Lipinski definition) is 2. The number of carbonyl (C=O) groups excluding carboxylic acids is 1. The number of thiocarbonyl (C=S) groups is 1. The van der Waals surface area contributed by atoms with Crippen LogP contribution in [0.3, 0.4) is 0 Å². The number of likely N-dealkylation sites (tertiary alicyclic amines) is 1. The number of nitrogens with one attached hydrogen (secondary N) is 1. The van der Waals surface area contributed by atoms with Crippen molar-refractivity contribution < 1.29 is 27.9 Å². The van der Waals surface area contributed by atoms with Gasteiger partial charge in [0, 0.05) is 12.1 Å². The fourth-order valence-corrected chi connectivity index (χ4v) is 2.65. The minimum Gasteiger partial charge on any atom is -0.493 e. The monoisotopic (exact) mass is 348 g/mol. The molecule has 1 amide bonds. The Morgan fingerprint density at radius 2 is 2.22 bits per heavy atom. The average molecular weight is 348 g/mol. The van der Waals surface area contributed by atoms with Gasteiger partial charge in [-0.15, -0.1) is 0 Å². The van der Waals surface area contributed by atoms with Crippen molar-refractivity contribution in [2.45, 2.75) is 25.6 Å². The Balaban J connectivity index is 2.30. The molecule has 0 aromatic heterocycles. The first kappa shape index (κ1) is 17.5. The highest BCUT2D eigenvalue weighted by Gasteiger charge is 2.38. The first-order valence-electron chi connectivity index (χ1n) is 6.88. The van der Waals surface area contributed by atoms with Gasteiger partial charge in [0.1, 0.15) is 16.8 Å². The molecule has 5 nitrogen and oxygen atoms in total. The van der Waals surface area contributed by atoms with Gasteiger partial charge < -0.3 is 9.64 Å². The summed E-state index contributed by atoms with van der Waals surface area (Å²) in [5.41, 5.74) is 0.783. The summed E-state index contributed by atoms with van der Waals surface area (Å²) < 4.78 is 44.4. The molecule has 0 bridgehead atoms. The molecule has 0 radical (unpaired) electrons. The van der Waals surface area contributed by atoms with Crippen molar-refractivity contribution in [3.8, 4) is 5.75 Å². The van der Waals surface area contributed by atoms with Gasteiger partial charge in [0.05, 0.1) is 12.2 Å². The van der Waals surface area contributed by atoms with E-state index in [9.17, 15) is 18.0 Å². The second kappa shape index (κ2) is 6.71. The maximum Gasteiger partial charge on any atom is 0.419 e. The van der Waals surface area contributed by atoms with Gasteiger partial charge in [-0.2, -0.15) is 13.2 Å². The number of benzene rings is 1. The van der Waals surface area contributed by atoms with Crippen LogP contribution in [-0.4, -0.2) is 40.2 Å². The molecule has 1 unspecified atom stereocenters. The highest BCUT2D eigenvalue weighted by atomic mass is 32.1. The molecule has 1 aromatic carbocycles. The Hall–Kier alpha value is -1.87. The molecule has 0 aliphatic carbocycles. The Kier molecular flexibility index (Phi) is 5.10. The van der Waals surface area contributed by atoms with Gasteiger partial charge in [-0.3, -0.25) is 10.0 Å². The van der Waals surface area contributed by atoms with E-state index in [1.807, 2.05) is 0 Å². The smallest absolute Gasteiger partial charge is 0.419 e. The van der Waals surface area contributed by atoms with Gasteiger partial charge in [0.2, 0.25) is 0 Å². The maximum absolute atomic E-state index is 13.1. The molecule has 1 aromatic rings. The lowest BCUT2D eigenvalue weighted by atomic mass is 10.00. The van der Waals surface area contributed by atoms with E-state index >= 15 is 0 Å². The zero-order chi connectivity index (χ0) is 17.2. The number of carbonyl (C=O) groups is 1. The van der Waals surface area contributed by atoms with Gasteiger partial charge in [-0.1, -0.05) is 12.2 Å². The van der Waals surface area contributed by atoms with Crippen LogP contribution in [0, 0.1) is 0 Å². The second-order valence-electron chi connectivity index (χ2n) is 4.92. The average Bonchev–Trinajstić information content (AvgIpc) is 2.45. The fourth-order valence-electron chi connectivity index (χ4n) is 2.31. The van der Waals surface area contributed by atoms with Crippen LogP contribution in [0.25, 0.3) is 0 Å². The van der Waals surface area contributed by atoms with Crippen LogP contribution in [0.4, 0.5) is 13.2 Å². The third-order valence-electron chi connectivity index (χ3n) is 3.53. The van der Waals surface area contributed by atoms with Crippen LogP contribution in [0.15, 0.2) is 18.2 Å². The molecular weight excluding hydrogens is 333 g/mol. The van der Waals surface area contributed by atoms with E-state index in [4.69, 9.17) is 22.2 Å². The van der Waals surface area contributed by atoms with Crippen molar-refractivity contribution in [3.63, 3.8) is 0 Å². The van der Waals surface area contributed by atoms with Gasteiger partial charge in [-0.25, -0.2) is 5.48 Å². The number of ether oxygens (including phenoxy) is 1. The molecule has 2 rings (SSSR count). The Morgan fingerprint density at radius 3 is 2.70 bits per heavy atom. The van der Waals surface area contributed by atoms with Crippen molar-refractivity contribution in [1.82, 2.24) is 10.4 Å². The van der Waals surface area contributed by atoms with E-state index in [0.29, 0.717) is 13.0 Å². The lowest BCUT2D eigenvalue weighted by Gasteiger charge is -2.41. The molecule has 1 saturated heterocycles. The Bertz CT molecular complexity index is 622. The van der Waals surface area contributed by atoms with Crippen LogP contribution in [0.2, 0.25) is 0 Å². The highest BCUT2D eigenvalue weighted by Crippen LogP contribution is 2.37. The minimum absolute atomic E-state index is 0.109. The number of halogens is 3. The summed E-state index contributed by atoms with van der Waals surface area (Å²) in [6, 6.07) is 2.89. The molecular formula is C14H15F3N2O3S. The first-order valence-corrected chi connectivity index (χ1v) is 7.29. The predicted octanol–water partition coefficient (Wildman–Crippen LogP) is 2.36. The summed E-state index contributed by atoms with van der Waals surface area (Å²) >= 11 is 5.18. The quantitative estimate of drug-likeness (QED) is 0.497. The molecule has 2 N–H and O–H groups in total. The van der Waals surface area contributed by atoms with E-state index in [0.717, 1.165) is 6.07 Å². The lowest BCUT2D eigenvalue weighted by Crippen LogP contribution is -2.57. The van der Waals surface area contributed by atoms with E-state index in [2.05, 4.69) is 0 Å². The van der Waals surface area contributed by atoms with E-state index < -0.39 is 23.7 Å². The van der Waals surface area contributed by atoms with Gasteiger partial charge in [-0.05, 0) is 31.5 Å². The molecule has 0 spiro atoms. The van der Waals surface area contributed by atoms with Crippen molar-refractivity contribution >= 4 is 23.1 Å². The standard InChI is InChI=1S/C14H15F3N2O3S/c1-2-22-11-4-3-8(7-9(11)14(15,16)17)13(23)19-6-5-10(19)12(20)18-21/h3-4,7,10,21H,2,5-6H2,1H3,(H,18,20). The molecule has 23 heavy (non-hydrogen) atoms. The minimum atomic E-state index is -4.58. The van der Waals surface area contributed by atoms with Gasteiger partial charge >= 0.3 is 6.18 Å². The van der Waals surface area contributed by atoms with Crippen molar-refractivity contribution in [1.29, 1.82) is 0 Å². The second-order valence-corrected chi connectivity index (χ2v) is 5.31. The van der Waals surface area contributed by atoms with Crippen molar-refractivity contribution in [3.05, 3.63) is 29.3 Å². The summed E-state index contributed by atoms with van der Waals surface area (Å²) in [5.74, 6) is -0.902. The van der Waals surface area contributed by atoms with Crippen molar-refractivity contribution in [2.75, 3.05) is 13.2 Å².